The molecule has 28 heavy (non-hydrogen) atoms. The third-order valence-electron chi connectivity index (χ3n) is 5.60. The molecule has 0 bridgehead atoms. The Morgan fingerprint density at radius 1 is 1.36 bits per heavy atom. The monoisotopic (exact) mass is 399 g/mol. The standard InChI is InChI=1S/C20H24F3NO4/c1-13(15-6-8-24-17(25)10-15)28-18(26)19(7-9-27-12-19)11-14-2-4-16(5-3-14)20(21,22)23/h2-5,13,15H,6-12H2,1H3,(H,24,25). The Kier molecular flexibility index (Phi) is 5.98. The summed E-state index contributed by atoms with van der Waals surface area (Å²) in [4.78, 5) is 24.5. The Hall–Kier alpha value is -2.09. The Labute approximate surface area is 161 Å². The molecule has 8 heteroatoms. The summed E-state index contributed by atoms with van der Waals surface area (Å²) < 4.78 is 49.4. The van der Waals surface area contributed by atoms with Crippen molar-refractivity contribution in [3.05, 3.63) is 35.4 Å². The van der Waals surface area contributed by atoms with Gasteiger partial charge < -0.3 is 14.8 Å². The second-order valence-electron chi connectivity index (χ2n) is 7.67. The summed E-state index contributed by atoms with van der Waals surface area (Å²) >= 11 is 0. The van der Waals surface area contributed by atoms with Gasteiger partial charge in [-0.3, -0.25) is 9.59 Å². The van der Waals surface area contributed by atoms with Crippen LogP contribution in [0.3, 0.4) is 0 Å². The van der Waals surface area contributed by atoms with Crippen molar-refractivity contribution in [3.63, 3.8) is 0 Å². The lowest BCUT2D eigenvalue weighted by molar-refractivity contribution is -0.164. The highest BCUT2D eigenvalue weighted by molar-refractivity contribution is 5.79. The lowest BCUT2D eigenvalue weighted by atomic mass is 9.80. The Morgan fingerprint density at radius 3 is 2.64 bits per heavy atom. The first-order valence-electron chi connectivity index (χ1n) is 9.41. The highest BCUT2D eigenvalue weighted by Gasteiger charge is 2.45. The third-order valence-corrected chi connectivity index (χ3v) is 5.60. The van der Waals surface area contributed by atoms with Gasteiger partial charge in [-0.2, -0.15) is 13.2 Å². The van der Waals surface area contributed by atoms with Crippen molar-refractivity contribution < 1.29 is 32.2 Å². The fourth-order valence-electron chi connectivity index (χ4n) is 3.78. The number of alkyl halides is 3. The highest BCUT2D eigenvalue weighted by atomic mass is 19.4. The van der Waals surface area contributed by atoms with Crippen LogP contribution in [0.25, 0.3) is 0 Å². The van der Waals surface area contributed by atoms with Crippen LogP contribution in [0.4, 0.5) is 13.2 Å². The van der Waals surface area contributed by atoms with Crippen LogP contribution in [0.15, 0.2) is 24.3 Å². The number of benzene rings is 1. The molecule has 1 N–H and O–H groups in total. The van der Waals surface area contributed by atoms with Crippen LogP contribution in [-0.2, 0) is 31.7 Å². The van der Waals surface area contributed by atoms with Crippen LogP contribution >= 0.6 is 0 Å². The zero-order valence-electron chi connectivity index (χ0n) is 15.7. The van der Waals surface area contributed by atoms with Crippen LogP contribution in [0, 0.1) is 11.3 Å². The first kappa shape index (κ1) is 20.6. The van der Waals surface area contributed by atoms with E-state index in [0.29, 0.717) is 31.6 Å². The Bertz CT molecular complexity index is 711. The van der Waals surface area contributed by atoms with E-state index in [1.807, 2.05) is 0 Å². The molecule has 0 saturated carbocycles. The van der Waals surface area contributed by atoms with E-state index >= 15 is 0 Å². The molecule has 154 valence electrons. The molecular formula is C20H24F3NO4. The third kappa shape index (κ3) is 4.66. The highest BCUT2D eigenvalue weighted by Crippen LogP contribution is 2.36. The molecular weight excluding hydrogens is 375 g/mol. The lowest BCUT2D eigenvalue weighted by Crippen LogP contribution is -2.42. The maximum Gasteiger partial charge on any atom is 0.416 e. The summed E-state index contributed by atoms with van der Waals surface area (Å²) in [7, 11) is 0. The van der Waals surface area contributed by atoms with Crippen LogP contribution in [-0.4, -0.2) is 37.7 Å². The van der Waals surface area contributed by atoms with Crippen molar-refractivity contribution in [2.75, 3.05) is 19.8 Å². The van der Waals surface area contributed by atoms with Crippen molar-refractivity contribution >= 4 is 11.9 Å². The van der Waals surface area contributed by atoms with Crippen LogP contribution in [0.2, 0.25) is 0 Å². The number of hydrogen-bond acceptors (Lipinski definition) is 4. The molecule has 0 radical (unpaired) electrons. The molecule has 1 aromatic rings. The zero-order valence-corrected chi connectivity index (χ0v) is 15.7. The molecule has 3 atom stereocenters. The minimum Gasteiger partial charge on any atom is -0.462 e. The van der Waals surface area contributed by atoms with E-state index in [1.165, 1.54) is 12.1 Å². The van der Waals surface area contributed by atoms with E-state index in [-0.39, 0.29) is 24.9 Å². The largest absolute Gasteiger partial charge is 0.462 e. The van der Waals surface area contributed by atoms with Gasteiger partial charge >= 0.3 is 12.1 Å². The lowest BCUT2D eigenvalue weighted by Gasteiger charge is -2.31. The quantitative estimate of drug-likeness (QED) is 0.773. The molecule has 2 saturated heterocycles. The minimum absolute atomic E-state index is 0.0388. The number of ether oxygens (including phenoxy) is 2. The number of halogens is 3. The van der Waals surface area contributed by atoms with E-state index in [4.69, 9.17) is 9.47 Å². The van der Waals surface area contributed by atoms with Gasteiger partial charge in [0.05, 0.1) is 17.6 Å². The van der Waals surface area contributed by atoms with Crippen LogP contribution in [0.5, 0.6) is 0 Å². The number of carbonyl (C=O) groups is 2. The van der Waals surface area contributed by atoms with Gasteiger partial charge in [-0.15, -0.1) is 0 Å². The van der Waals surface area contributed by atoms with E-state index in [9.17, 15) is 22.8 Å². The summed E-state index contributed by atoms with van der Waals surface area (Å²) in [5.41, 5.74) is -1.01. The van der Waals surface area contributed by atoms with E-state index in [1.54, 1.807) is 6.92 Å². The van der Waals surface area contributed by atoms with Crippen molar-refractivity contribution in [3.8, 4) is 0 Å². The number of hydrogen-bond donors (Lipinski definition) is 1. The maximum absolute atomic E-state index is 12.9. The van der Waals surface area contributed by atoms with Gasteiger partial charge in [0.15, 0.2) is 0 Å². The number of amides is 1. The van der Waals surface area contributed by atoms with Crippen molar-refractivity contribution in [1.29, 1.82) is 0 Å². The SMILES string of the molecule is CC(OC(=O)C1(Cc2ccc(C(F)(F)F)cc2)CCOC1)C1CCNC(=O)C1. The molecule has 0 aliphatic carbocycles. The van der Waals surface area contributed by atoms with E-state index in [0.717, 1.165) is 18.6 Å². The van der Waals surface area contributed by atoms with Gasteiger partial charge in [0.25, 0.3) is 0 Å². The zero-order chi connectivity index (χ0) is 20.4. The van der Waals surface area contributed by atoms with Crippen molar-refractivity contribution in [2.24, 2.45) is 11.3 Å². The summed E-state index contributed by atoms with van der Waals surface area (Å²) in [5.74, 6) is -0.505. The molecule has 2 heterocycles. The minimum atomic E-state index is -4.40. The van der Waals surface area contributed by atoms with Crippen molar-refractivity contribution in [2.45, 2.75) is 44.9 Å². The summed E-state index contributed by atoms with van der Waals surface area (Å²) in [5, 5.41) is 2.75. The molecule has 2 fully saturated rings. The predicted octanol–water partition coefficient (Wildman–Crippen LogP) is 3.11. The number of esters is 1. The van der Waals surface area contributed by atoms with E-state index in [2.05, 4.69) is 5.32 Å². The van der Waals surface area contributed by atoms with Gasteiger partial charge in [0.1, 0.15) is 6.10 Å². The summed E-state index contributed by atoms with van der Waals surface area (Å²) in [6.45, 7) is 2.91. The van der Waals surface area contributed by atoms with Gasteiger partial charge in [0, 0.05) is 25.5 Å². The van der Waals surface area contributed by atoms with Crippen molar-refractivity contribution in [1.82, 2.24) is 5.32 Å². The smallest absolute Gasteiger partial charge is 0.416 e. The molecule has 1 amide bonds. The fourth-order valence-corrected chi connectivity index (χ4v) is 3.78. The van der Waals surface area contributed by atoms with Crippen LogP contribution in [0.1, 0.15) is 37.3 Å². The van der Waals surface area contributed by atoms with Gasteiger partial charge in [-0.05, 0) is 43.9 Å². The first-order valence-corrected chi connectivity index (χ1v) is 9.41. The molecule has 2 aliphatic rings. The average molecular weight is 399 g/mol. The molecule has 0 aromatic heterocycles. The Balaban J connectivity index is 1.69. The second kappa shape index (κ2) is 8.11. The Morgan fingerprint density at radius 2 is 2.07 bits per heavy atom. The number of rotatable bonds is 5. The van der Waals surface area contributed by atoms with Gasteiger partial charge in [-0.1, -0.05) is 12.1 Å². The predicted molar refractivity (Wildman–Crippen MR) is 94.3 cm³/mol. The molecule has 5 nitrogen and oxygen atoms in total. The number of nitrogens with one attached hydrogen (secondary N) is 1. The summed E-state index contributed by atoms with van der Waals surface area (Å²) in [6, 6.07) is 4.83. The molecule has 3 rings (SSSR count). The van der Waals surface area contributed by atoms with Gasteiger partial charge in [-0.25, -0.2) is 0 Å². The van der Waals surface area contributed by atoms with Crippen LogP contribution < -0.4 is 5.32 Å². The number of carbonyl (C=O) groups excluding carboxylic acids is 2. The second-order valence-corrected chi connectivity index (χ2v) is 7.67. The average Bonchev–Trinajstić information content (AvgIpc) is 3.11. The van der Waals surface area contributed by atoms with Gasteiger partial charge in [0.2, 0.25) is 5.91 Å². The normalized spacial score (nSPS) is 26.6. The molecule has 2 aliphatic heterocycles. The topological polar surface area (TPSA) is 64.6 Å². The molecule has 3 unspecified atom stereocenters. The number of piperidine rings is 1. The molecule has 1 aromatic carbocycles. The van der Waals surface area contributed by atoms with E-state index < -0.39 is 29.2 Å². The molecule has 0 spiro atoms. The maximum atomic E-state index is 12.9. The summed E-state index contributed by atoms with van der Waals surface area (Å²) in [6.07, 6.45) is -3.05. The fraction of sp³-hybridized carbons (Fsp3) is 0.600. The first-order chi connectivity index (χ1) is 13.2.